The quantitative estimate of drug-likeness (QED) is 0.428. The number of rotatable bonds is 3. The van der Waals surface area contributed by atoms with Crippen molar-refractivity contribution in [1.82, 2.24) is 0 Å². The average molecular weight is 225 g/mol. The second kappa shape index (κ2) is 5.03. The van der Waals surface area contributed by atoms with Crippen molar-refractivity contribution in [2.45, 2.75) is 26.1 Å². The highest BCUT2D eigenvalue weighted by atomic mass is 32.1. The van der Waals surface area contributed by atoms with Gasteiger partial charge in [-0.3, -0.25) is 0 Å². The van der Waals surface area contributed by atoms with E-state index in [1.807, 2.05) is 13.8 Å². The van der Waals surface area contributed by atoms with E-state index in [0.717, 1.165) is 22.3 Å². The first-order valence-electron chi connectivity index (χ1n) is 4.81. The Morgan fingerprint density at radius 1 is 1.33 bits per heavy atom. The number of nitrogens with two attached hydrogens (primary N) is 1. The molecule has 4 N–H and O–H groups in total. The third kappa shape index (κ3) is 2.37. The van der Waals surface area contributed by atoms with Gasteiger partial charge < -0.3 is 15.8 Å². The summed E-state index contributed by atoms with van der Waals surface area (Å²) in [5.41, 5.74) is 10.1. The summed E-state index contributed by atoms with van der Waals surface area (Å²) in [4.78, 5) is 0. The molecule has 0 aliphatic rings. The van der Waals surface area contributed by atoms with Crippen molar-refractivity contribution in [3.05, 3.63) is 28.3 Å². The van der Waals surface area contributed by atoms with E-state index in [1.165, 1.54) is 0 Å². The molecule has 0 aliphatic heterocycles. The second-order valence-electron chi connectivity index (χ2n) is 3.59. The highest BCUT2D eigenvalue weighted by molar-refractivity contribution is 7.79. The minimum absolute atomic E-state index is 0.395. The maximum absolute atomic E-state index is 9.23. The van der Waals surface area contributed by atoms with Gasteiger partial charge in [-0.2, -0.15) is 12.6 Å². The standard InChI is InChI=1S/C10H16BNO2S/c1-6-8(4-12)3-10(11(13)14)7(2)9(6)5-15/h3,13-15H,4-5,12H2,1-2H3. The molecule has 0 bridgehead atoms. The monoisotopic (exact) mass is 225 g/mol. The van der Waals surface area contributed by atoms with Crippen molar-refractivity contribution in [2.75, 3.05) is 0 Å². The molecule has 0 saturated heterocycles. The van der Waals surface area contributed by atoms with Crippen LogP contribution < -0.4 is 11.2 Å². The van der Waals surface area contributed by atoms with E-state index in [2.05, 4.69) is 12.6 Å². The van der Waals surface area contributed by atoms with Crippen LogP contribution in [0, 0.1) is 13.8 Å². The molecule has 0 saturated carbocycles. The zero-order valence-corrected chi connectivity index (χ0v) is 9.88. The molecule has 5 heteroatoms. The Morgan fingerprint density at radius 2 is 1.93 bits per heavy atom. The molecule has 0 radical (unpaired) electrons. The number of hydrogen-bond acceptors (Lipinski definition) is 4. The van der Waals surface area contributed by atoms with E-state index >= 15 is 0 Å². The van der Waals surface area contributed by atoms with Crippen LogP contribution in [0.3, 0.4) is 0 Å². The lowest BCUT2D eigenvalue weighted by atomic mass is 9.74. The summed E-state index contributed by atoms with van der Waals surface area (Å²) >= 11 is 4.25. The van der Waals surface area contributed by atoms with Crippen molar-refractivity contribution in [3.63, 3.8) is 0 Å². The molecule has 0 heterocycles. The number of thiol groups is 1. The molecular weight excluding hydrogens is 209 g/mol. The maximum Gasteiger partial charge on any atom is 0.488 e. The largest absolute Gasteiger partial charge is 0.488 e. The summed E-state index contributed by atoms with van der Waals surface area (Å²) in [6.45, 7) is 4.24. The minimum atomic E-state index is -1.45. The summed E-state index contributed by atoms with van der Waals surface area (Å²) in [7, 11) is -1.45. The summed E-state index contributed by atoms with van der Waals surface area (Å²) in [5, 5.41) is 18.5. The Kier molecular flexibility index (Phi) is 4.22. The normalized spacial score (nSPS) is 10.5. The van der Waals surface area contributed by atoms with Gasteiger partial charge in [0, 0.05) is 12.3 Å². The van der Waals surface area contributed by atoms with Crippen molar-refractivity contribution in [1.29, 1.82) is 0 Å². The molecule has 0 aliphatic carbocycles. The Labute approximate surface area is 95.9 Å². The Balaban J connectivity index is 3.44. The van der Waals surface area contributed by atoms with Crippen molar-refractivity contribution >= 4 is 25.2 Å². The Hall–Kier alpha value is -0.485. The third-order valence-electron chi connectivity index (χ3n) is 2.81. The lowest BCUT2D eigenvalue weighted by Gasteiger charge is -2.16. The minimum Gasteiger partial charge on any atom is -0.423 e. The van der Waals surface area contributed by atoms with E-state index in [0.29, 0.717) is 17.8 Å². The second-order valence-corrected chi connectivity index (χ2v) is 3.91. The molecule has 0 amide bonds. The molecule has 15 heavy (non-hydrogen) atoms. The molecule has 0 unspecified atom stereocenters. The summed E-state index contributed by atoms with van der Waals surface area (Å²) in [6.07, 6.45) is 0. The Bertz CT molecular complexity index is 369. The van der Waals surface area contributed by atoms with Gasteiger partial charge in [0.2, 0.25) is 0 Å². The zero-order valence-electron chi connectivity index (χ0n) is 8.99. The fraction of sp³-hybridized carbons (Fsp3) is 0.400. The van der Waals surface area contributed by atoms with Crippen LogP contribution in [0.25, 0.3) is 0 Å². The molecule has 0 spiro atoms. The first-order chi connectivity index (χ1) is 7.02. The fourth-order valence-corrected chi connectivity index (χ4v) is 2.25. The van der Waals surface area contributed by atoms with Gasteiger partial charge in [0.15, 0.2) is 0 Å². The average Bonchev–Trinajstić information content (AvgIpc) is 2.18. The van der Waals surface area contributed by atoms with Gasteiger partial charge in [-0.1, -0.05) is 6.07 Å². The van der Waals surface area contributed by atoms with Crippen LogP contribution in [0.5, 0.6) is 0 Å². The van der Waals surface area contributed by atoms with E-state index in [-0.39, 0.29) is 0 Å². The fourth-order valence-electron chi connectivity index (χ4n) is 1.77. The molecular formula is C10H16BNO2S. The van der Waals surface area contributed by atoms with Crippen molar-refractivity contribution < 1.29 is 10.0 Å². The topological polar surface area (TPSA) is 66.5 Å². The van der Waals surface area contributed by atoms with Gasteiger partial charge in [-0.05, 0) is 41.6 Å². The first kappa shape index (κ1) is 12.6. The van der Waals surface area contributed by atoms with Crippen LogP contribution in [0.2, 0.25) is 0 Å². The Morgan fingerprint density at radius 3 is 2.33 bits per heavy atom. The predicted octanol–water partition coefficient (Wildman–Crippen LogP) is -0.128. The lowest BCUT2D eigenvalue weighted by Crippen LogP contribution is -2.34. The highest BCUT2D eigenvalue weighted by Gasteiger charge is 2.18. The zero-order chi connectivity index (χ0) is 11.6. The van der Waals surface area contributed by atoms with Gasteiger partial charge >= 0.3 is 7.12 Å². The molecule has 82 valence electrons. The molecule has 3 nitrogen and oxygen atoms in total. The van der Waals surface area contributed by atoms with Gasteiger partial charge in [0.05, 0.1) is 0 Å². The van der Waals surface area contributed by atoms with E-state index < -0.39 is 7.12 Å². The lowest BCUT2D eigenvalue weighted by molar-refractivity contribution is 0.425. The predicted molar refractivity (Wildman–Crippen MR) is 66.3 cm³/mol. The molecule has 1 aromatic rings. The highest BCUT2D eigenvalue weighted by Crippen LogP contribution is 2.18. The van der Waals surface area contributed by atoms with Gasteiger partial charge in [-0.15, -0.1) is 0 Å². The third-order valence-corrected chi connectivity index (χ3v) is 3.12. The van der Waals surface area contributed by atoms with Crippen LogP contribution in [0.4, 0.5) is 0 Å². The SMILES string of the molecule is Cc1c(CN)cc(B(O)O)c(C)c1CS. The summed E-state index contributed by atoms with van der Waals surface area (Å²) in [6, 6.07) is 1.75. The van der Waals surface area contributed by atoms with E-state index in [4.69, 9.17) is 5.73 Å². The molecule has 1 rings (SSSR count). The maximum atomic E-state index is 9.23. The van der Waals surface area contributed by atoms with Crippen LogP contribution in [0.1, 0.15) is 22.3 Å². The smallest absolute Gasteiger partial charge is 0.423 e. The first-order valence-corrected chi connectivity index (χ1v) is 5.45. The molecule has 0 aromatic heterocycles. The van der Waals surface area contributed by atoms with Crippen molar-refractivity contribution in [2.24, 2.45) is 5.73 Å². The van der Waals surface area contributed by atoms with Crippen LogP contribution >= 0.6 is 12.6 Å². The van der Waals surface area contributed by atoms with Crippen molar-refractivity contribution in [3.8, 4) is 0 Å². The van der Waals surface area contributed by atoms with Crippen LogP contribution in [0.15, 0.2) is 6.07 Å². The number of benzene rings is 1. The van der Waals surface area contributed by atoms with E-state index in [1.54, 1.807) is 6.07 Å². The van der Waals surface area contributed by atoms with Gasteiger partial charge in [0.25, 0.3) is 0 Å². The van der Waals surface area contributed by atoms with Crippen LogP contribution in [-0.2, 0) is 12.3 Å². The molecule has 0 fully saturated rings. The number of hydrogen-bond donors (Lipinski definition) is 4. The van der Waals surface area contributed by atoms with E-state index in [9.17, 15) is 10.0 Å². The van der Waals surface area contributed by atoms with Gasteiger partial charge in [0.1, 0.15) is 0 Å². The molecule has 0 atom stereocenters. The molecule has 1 aromatic carbocycles. The van der Waals surface area contributed by atoms with Gasteiger partial charge in [-0.25, -0.2) is 0 Å². The van der Waals surface area contributed by atoms with Crippen LogP contribution in [-0.4, -0.2) is 17.2 Å². The summed E-state index contributed by atoms with van der Waals surface area (Å²) in [5.74, 6) is 0.575. The summed E-state index contributed by atoms with van der Waals surface area (Å²) < 4.78 is 0.